The Bertz CT molecular complexity index is 434. The van der Waals surface area contributed by atoms with E-state index in [1.807, 2.05) is 32.3 Å². The van der Waals surface area contributed by atoms with E-state index in [2.05, 4.69) is 16.7 Å². The van der Waals surface area contributed by atoms with Crippen LogP contribution < -0.4 is 4.90 Å². The van der Waals surface area contributed by atoms with Gasteiger partial charge in [-0.2, -0.15) is 0 Å². The van der Waals surface area contributed by atoms with E-state index in [1.54, 1.807) is 0 Å². The highest BCUT2D eigenvalue weighted by molar-refractivity contribution is 5.98. The van der Waals surface area contributed by atoms with Crippen LogP contribution in [0.3, 0.4) is 0 Å². The van der Waals surface area contributed by atoms with Crippen molar-refractivity contribution in [2.75, 3.05) is 38.6 Å². The molecule has 0 aromatic heterocycles. The number of rotatable bonds is 4. The molecule has 1 aromatic rings. The monoisotopic (exact) mass is 246 g/mol. The molecule has 1 aliphatic heterocycles. The number of ketones is 1. The van der Waals surface area contributed by atoms with Crippen LogP contribution in [-0.4, -0.2) is 44.4 Å². The van der Waals surface area contributed by atoms with Gasteiger partial charge < -0.3 is 4.90 Å². The van der Waals surface area contributed by atoms with Crippen LogP contribution in [0.2, 0.25) is 0 Å². The summed E-state index contributed by atoms with van der Waals surface area (Å²) in [6, 6.07) is 5.99. The van der Waals surface area contributed by atoms with Crippen LogP contribution in [-0.2, 0) is 0 Å². The van der Waals surface area contributed by atoms with E-state index in [0.29, 0.717) is 6.54 Å². The van der Waals surface area contributed by atoms with Gasteiger partial charge in [0.2, 0.25) is 0 Å². The molecule has 0 atom stereocenters. The lowest BCUT2D eigenvalue weighted by atomic mass is 10.1. The maximum Gasteiger partial charge on any atom is 0.176 e. The number of anilines is 1. The number of carbonyl (C=O) groups excluding carboxylic acids is 1. The minimum absolute atomic E-state index is 0.241. The highest BCUT2D eigenvalue weighted by Crippen LogP contribution is 2.19. The lowest BCUT2D eigenvalue weighted by molar-refractivity contribution is 0.0945. The van der Waals surface area contributed by atoms with Gasteiger partial charge in [0.25, 0.3) is 0 Å². The average Bonchev–Trinajstić information content (AvgIpc) is 2.81. The molecule has 3 nitrogen and oxygen atoms in total. The van der Waals surface area contributed by atoms with E-state index in [0.717, 1.165) is 24.2 Å². The van der Waals surface area contributed by atoms with Gasteiger partial charge in [0.05, 0.1) is 6.54 Å². The number of aryl methyl sites for hydroxylation is 1. The number of carbonyl (C=O) groups is 1. The van der Waals surface area contributed by atoms with Crippen LogP contribution in [0.5, 0.6) is 0 Å². The fourth-order valence-electron chi connectivity index (χ4n) is 2.57. The Hall–Kier alpha value is -1.35. The second-order valence-corrected chi connectivity index (χ2v) is 5.30. The summed E-state index contributed by atoms with van der Waals surface area (Å²) in [5, 5.41) is 0. The molecule has 18 heavy (non-hydrogen) atoms. The highest BCUT2D eigenvalue weighted by atomic mass is 16.1. The fraction of sp³-hybridized carbons (Fsp3) is 0.533. The average molecular weight is 246 g/mol. The summed E-state index contributed by atoms with van der Waals surface area (Å²) in [4.78, 5) is 16.5. The molecule has 1 aromatic carbocycles. The zero-order chi connectivity index (χ0) is 13.1. The first-order valence-corrected chi connectivity index (χ1v) is 6.61. The fourth-order valence-corrected chi connectivity index (χ4v) is 2.57. The molecule has 1 heterocycles. The second-order valence-electron chi connectivity index (χ2n) is 5.30. The van der Waals surface area contributed by atoms with Gasteiger partial charge in [0, 0.05) is 25.3 Å². The SMILES string of the molecule is Cc1cc(C(=O)CN2CCCC2)ccc1N(C)C. The Kier molecular flexibility index (Phi) is 4.02. The molecule has 1 saturated heterocycles. The molecule has 0 radical (unpaired) electrons. The van der Waals surface area contributed by atoms with Crippen molar-refractivity contribution in [3.05, 3.63) is 29.3 Å². The Labute approximate surface area is 109 Å². The van der Waals surface area contributed by atoms with Gasteiger partial charge in [-0.05, 0) is 56.6 Å². The van der Waals surface area contributed by atoms with Crippen molar-refractivity contribution in [1.29, 1.82) is 0 Å². The molecule has 0 bridgehead atoms. The Morgan fingerprint density at radius 1 is 1.28 bits per heavy atom. The molecular weight excluding hydrogens is 224 g/mol. The summed E-state index contributed by atoms with van der Waals surface area (Å²) in [7, 11) is 4.04. The van der Waals surface area contributed by atoms with Crippen LogP contribution in [0.1, 0.15) is 28.8 Å². The first-order chi connectivity index (χ1) is 8.58. The third-order valence-corrected chi connectivity index (χ3v) is 3.57. The van der Waals surface area contributed by atoms with Crippen molar-refractivity contribution >= 4 is 11.5 Å². The quantitative estimate of drug-likeness (QED) is 0.762. The van der Waals surface area contributed by atoms with Crippen molar-refractivity contribution in [3.63, 3.8) is 0 Å². The zero-order valence-electron chi connectivity index (χ0n) is 11.6. The first kappa shape index (κ1) is 13.1. The summed E-state index contributed by atoms with van der Waals surface area (Å²) in [5.41, 5.74) is 3.17. The lowest BCUT2D eigenvalue weighted by Gasteiger charge is -2.17. The molecule has 1 aliphatic rings. The van der Waals surface area contributed by atoms with E-state index in [-0.39, 0.29) is 5.78 Å². The second kappa shape index (κ2) is 5.53. The number of benzene rings is 1. The first-order valence-electron chi connectivity index (χ1n) is 6.61. The molecule has 0 amide bonds. The largest absolute Gasteiger partial charge is 0.377 e. The Balaban J connectivity index is 2.08. The molecule has 2 rings (SSSR count). The molecule has 0 N–H and O–H groups in total. The highest BCUT2D eigenvalue weighted by Gasteiger charge is 2.16. The summed E-state index contributed by atoms with van der Waals surface area (Å²) < 4.78 is 0. The minimum atomic E-state index is 0.241. The van der Waals surface area contributed by atoms with Crippen molar-refractivity contribution in [2.24, 2.45) is 0 Å². The summed E-state index contributed by atoms with van der Waals surface area (Å²) in [5.74, 6) is 0.241. The number of nitrogens with zero attached hydrogens (tertiary/aromatic N) is 2. The number of Topliss-reactive ketones (excluding diaryl/α,β-unsaturated/α-hetero) is 1. The van der Waals surface area contributed by atoms with Gasteiger partial charge in [-0.1, -0.05) is 0 Å². The molecule has 0 saturated carbocycles. The molecule has 0 spiro atoms. The van der Waals surface area contributed by atoms with Crippen LogP contribution in [0.25, 0.3) is 0 Å². The van der Waals surface area contributed by atoms with E-state index in [1.165, 1.54) is 18.5 Å². The molecule has 0 unspecified atom stereocenters. The van der Waals surface area contributed by atoms with Crippen molar-refractivity contribution in [3.8, 4) is 0 Å². The summed E-state index contributed by atoms with van der Waals surface area (Å²) in [6.07, 6.45) is 2.46. The predicted octanol–water partition coefficient (Wildman–Crippen LogP) is 2.34. The number of hydrogen-bond acceptors (Lipinski definition) is 3. The van der Waals surface area contributed by atoms with Crippen LogP contribution in [0, 0.1) is 6.92 Å². The van der Waals surface area contributed by atoms with E-state index in [9.17, 15) is 4.79 Å². The standard InChI is InChI=1S/C15H22N2O/c1-12-10-13(6-7-14(12)16(2)3)15(18)11-17-8-4-5-9-17/h6-7,10H,4-5,8-9,11H2,1-3H3. The maximum absolute atomic E-state index is 12.2. The van der Waals surface area contributed by atoms with Crippen LogP contribution in [0.4, 0.5) is 5.69 Å². The van der Waals surface area contributed by atoms with Gasteiger partial charge in [0.15, 0.2) is 5.78 Å². The number of hydrogen-bond donors (Lipinski definition) is 0. The molecule has 0 aliphatic carbocycles. The van der Waals surface area contributed by atoms with Crippen molar-refractivity contribution in [1.82, 2.24) is 4.90 Å². The maximum atomic E-state index is 12.2. The third-order valence-electron chi connectivity index (χ3n) is 3.57. The van der Waals surface area contributed by atoms with Crippen molar-refractivity contribution in [2.45, 2.75) is 19.8 Å². The Morgan fingerprint density at radius 2 is 1.94 bits per heavy atom. The van der Waals surface area contributed by atoms with Gasteiger partial charge in [-0.15, -0.1) is 0 Å². The molecule has 3 heteroatoms. The van der Waals surface area contributed by atoms with Gasteiger partial charge >= 0.3 is 0 Å². The van der Waals surface area contributed by atoms with Crippen LogP contribution in [0.15, 0.2) is 18.2 Å². The number of likely N-dealkylation sites (tertiary alicyclic amines) is 1. The molecule has 1 fully saturated rings. The summed E-state index contributed by atoms with van der Waals surface area (Å²) in [6.45, 7) is 4.77. The van der Waals surface area contributed by atoms with Gasteiger partial charge in [0.1, 0.15) is 0 Å². The Morgan fingerprint density at radius 3 is 2.50 bits per heavy atom. The minimum Gasteiger partial charge on any atom is -0.377 e. The third kappa shape index (κ3) is 2.91. The lowest BCUT2D eigenvalue weighted by Crippen LogP contribution is -2.27. The summed E-state index contributed by atoms with van der Waals surface area (Å²) >= 11 is 0. The molecule has 98 valence electrons. The van der Waals surface area contributed by atoms with E-state index >= 15 is 0 Å². The van der Waals surface area contributed by atoms with E-state index in [4.69, 9.17) is 0 Å². The van der Waals surface area contributed by atoms with Gasteiger partial charge in [-0.3, -0.25) is 9.69 Å². The predicted molar refractivity (Wildman–Crippen MR) is 75.5 cm³/mol. The zero-order valence-corrected chi connectivity index (χ0v) is 11.6. The topological polar surface area (TPSA) is 23.6 Å². The van der Waals surface area contributed by atoms with E-state index < -0.39 is 0 Å². The molecular formula is C15H22N2O. The van der Waals surface area contributed by atoms with Crippen LogP contribution >= 0.6 is 0 Å². The smallest absolute Gasteiger partial charge is 0.176 e. The normalized spacial score (nSPS) is 15.9. The van der Waals surface area contributed by atoms with Crippen molar-refractivity contribution < 1.29 is 4.79 Å². The van der Waals surface area contributed by atoms with Gasteiger partial charge in [-0.25, -0.2) is 0 Å².